The summed E-state index contributed by atoms with van der Waals surface area (Å²) in [5.74, 6) is 1.71. The van der Waals surface area contributed by atoms with Crippen molar-refractivity contribution in [3.63, 3.8) is 0 Å². The molecule has 0 aromatic rings. The van der Waals surface area contributed by atoms with Gasteiger partial charge >= 0.3 is 0 Å². The van der Waals surface area contributed by atoms with Crippen LogP contribution in [-0.4, -0.2) is 24.8 Å². The van der Waals surface area contributed by atoms with E-state index < -0.39 is 0 Å². The van der Waals surface area contributed by atoms with Crippen LogP contribution < -0.4 is 0 Å². The van der Waals surface area contributed by atoms with Gasteiger partial charge in [-0.3, -0.25) is 0 Å². The fourth-order valence-corrected chi connectivity index (χ4v) is 6.53. The van der Waals surface area contributed by atoms with Gasteiger partial charge in [0.15, 0.2) is 0 Å². The molecule has 236 valence electrons. The summed E-state index contributed by atoms with van der Waals surface area (Å²) in [5, 5.41) is 13.2. The Morgan fingerprint density at radius 3 is 0.949 bits per heavy atom. The SMILES string of the molecule is CCCCCCCCCCC(CCCC)CCC[N+](C)([O-])CCCC(CCCC)CCCCCCCCCC. The Balaban J connectivity index is 4.17. The summed E-state index contributed by atoms with van der Waals surface area (Å²) in [6.45, 7) is 10.9. The van der Waals surface area contributed by atoms with Gasteiger partial charge in [-0.1, -0.05) is 182 Å². The lowest BCUT2D eigenvalue weighted by Gasteiger charge is -2.39. The maximum absolute atomic E-state index is 13.2. The molecule has 0 N–H and O–H groups in total. The van der Waals surface area contributed by atoms with Crippen LogP contribution in [0.2, 0.25) is 0 Å². The van der Waals surface area contributed by atoms with Crippen LogP contribution in [-0.2, 0) is 0 Å². The topological polar surface area (TPSA) is 23.1 Å². The van der Waals surface area contributed by atoms with E-state index in [4.69, 9.17) is 0 Å². The third-order valence-corrected chi connectivity index (χ3v) is 9.35. The van der Waals surface area contributed by atoms with Gasteiger partial charge in [0.1, 0.15) is 0 Å². The lowest BCUT2D eigenvalue weighted by atomic mass is 9.90. The van der Waals surface area contributed by atoms with Crippen LogP contribution in [0.5, 0.6) is 0 Å². The van der Waals surface area contributed by atoms with Gasteiger partial charge in [0.05, 0.1) is 20.1 Å². The average Bonchev–Trinajstić information content (AvgIpc) is 2.92. The normalized spacial score (nSPS) is 14.9. The summed E-state index contributed by atoms with van der Waals surface area (Å²) in [5.41, 5.74) is 0. The van der Waals surface area contributed by atoms with Crippen molar-refractivity contribution in [1.29, 1.82) is 0 Å². The minimum absolute atomic E-state index is 0.00346. The number of rotatable bonds is 32. The fourth-order valence-electron chi connectivity index (χ4n) is 6.53. The molecule has 2 heteroatoms. The Bertz CT molecular complexity index is 422. The second-order valence-corrected chi connectivity index (χ2v) is 13.6. The highest BCUT2D eigenvalue weighted by atomic mass is 16.5. The van der Waals surface area contributed by atoms with Crippen molar-refractivity contribution < 1.29 is 4.65 Å². The van der Waals surface area contributed by atoms with Gasteiger partial charge < -0.3 is 9.85 Å². The Hall–Kier alpha value is -0.0800. The molecule has 2 unspecified atom stereocenters. The van der Waals surface area contributed by atoms with Gasteiger partial charge in [0.25, 0.3) is 0 Å². The van der Waals surface area contributed by atoms with Gasteiger partial charge in [0.2, 0.25) is 0 Å². The zero-order valence-electron chi connectivity index (χ0n) is 28.2. The van der Waals surface area contributed by atoms with Crippen molar-refractivity contribution in [2.24, 2.45) is 11.8 Å². The van der Waals surface area contributed by atoms with Gasteiger partial charge in [0, 0.05) is 0 Å². The van der Waals surface area contributed by atoms with Crippen molar-refractivity contribution in [2.75, 3.05) is 20.1 Å². The van der Waals surface area contributed by atoms with Crippen LogP contribution in [0.1, 0.15) is 207 Å². The van der Waals surface area contributed by atoms with Crippen molar-refractivity contribution in [3.8, 4) is 0 Å². The molecule has 0 aliphatic heterocycles. The van der Waals surface area contributed by atoms with Crippen LogP contribution in [0.25, 0.3) is 0 Å². The Morgan fingerprint density at radius 2 is 0.615 bits per heavy atom. The van der Waals surface area contributed by atoms with Crippen molar-refractivity contribution in [3.05, 3.63) is 5.21 Å². The Kier molecular flexibility index (Phi) is 29.4. The molecule has 0 amide bonds. The molecular weight excluding hydrogens is 474 g/mol. The zero-order chi connectivity index (χ0) is 28.9. The average molecular weight is 552 g/mol. The van der Waals surface area contributed by atoms with E-state index in [1.165, 1.54) is 167 Å². The van der Waals surface area contributed by atoms with E-state index in [2.05, 4.69) is 27.7 Å². The van der Waals surface area contributed by atoms with Crippen LogP contribution in [0.4, 0.5) is 0 Å². The van der Waals surface area contributed by atoms with E-state index in [9.17, 15) is 5.21 Å². The lowest BCUT2D eigenvalue weighted by Crippen LogP contribution is -2.39. The van der Waals surface area contributed by atoms with E-state index >= 15 is 0 Å². The molecule has 0 spiro atoms. The number of quaternary nitrogens is 1. The molecule has 39 heavy (non-hydrogen) atoms. The third kappa shape index (κ3) is 27.8. The molecule has 0 aliphatic rings. The van der Waals surface area contributed by atoms with E-state index in [0.29, 0.717) is 0 Å². The third-order valence-electron chi connectivity index (χ3n) is 9.35. The van der Waals surface area contributed by atoms with E-state index in [1.807, 2.05) is 7.05 Å². The summed E-state index contributed by atoms with van der Waals surface area (Å²) in [6, 6.07) is 0. The maximum atomic E-state index is 13.2. The largest absolute Gasteiger partial charge is 0.633 e. The summed E-state index contributed by atoms with van der Waals surface area (Å²) in [4.78, 5) is 0. The molecule has 0 rings (SSSR count). The first-order chi connectivity index (χ1) is 19.0. The van der Waals surface area contributed by atoms with Crippen LogP contribution in [0, 0.1) is 17.0 Å². The summed E-state index contributed by atoms with van der Waals surface area (Å²) >= 11 is 0. The van der Waals surface area contributed by atoms with E-state index in [1.54, 1.807) is 0 Å². The summed E-state index contributed by atoms with van der Waals surface area (Å²) in [6.07, 6.45) is 38.4. The molecular formula is C37H77NO. The van der Waals surface area contributed by atoms with Gasteiger partial charge in [-0.15, -0.1) is 0 Å². The van der Waals surface area contributed by atoms with Crippen molar-refractivity contribution in [1.82, 2.24) is 0 Å². The second-order valence-electron chi connectivity index (χ2n) is 13.6. The standard InChI is InChI=1S/C37H77NO/c1-6-10-14-16-18-20-22-24-30-36(28-12-8-3)32-26-34-38(5,39)35-27-33-37(29-13-9-4)31-25-23-21-19-17-15-11-7-2/h36-37H,6-35H2,1-5H3. The predicted octanol–water partition coefficient (Wildman–Crippen LogP) is 13.2. The highest BCUT2D eigenvalue weighted by Crippen LogP contribution is 2.25. The fraction of sp³-hybridized carbons (Fsp3) is 1.00. The summed E-state index contributed by atoms with van der Waals surface area (Å²) < 4.78 is -0.00346. The number of hydrogen-bond donors (Lipinski definition) is 0. The predicted molar refractivity (Wildman–Crippen MR) is 178 cm³/mol. The molecule has 0 bridgehead atoms. The molecule has 0 radical (unpaired) electrons. The van der Waals surface area contributed by atoms with Gasteiger partial charge in [-0.2, -0.15) is 0 Å². The smallest absolute Gasteiger partial charge is 0.0781 e. The molecule has 0 heterocycles. The summed E-state index contributed by atoms with van der Waals surface area (Å²) in [7, 11) is 1.96. The van der Waals surface area contributed by atoms with Gasteiger partial charge in [-0.25, -0.2) is 0 Å². The molecule has 0 aromatic carbocycles. The molecule has 0 saturated heterocycles. The maximum Gasteiger partial charge on any atom is 0.0781 e. The number of nitrogens with zero attached hydrogens (tertiary/aromatic N) is 1. The molecule has 0 saturated carbocycles. The van der Waals surface area contributed by atoms with Crippen LogP contribution in [0.15, 0.2) is 0 Å². The van der Waals surface area contributed by atoms with Crippen molar-refractivity contribution in [2.45, 2.75) is 207 Å². The molecule has 0 fully saturated rings. The van der Waals surface area contributed by atoms with E-state index in [-0.39, 0.29) is 4.65 Å². The molecule has 2 nitrogen and oxygen atoms in total. The molecule has 2 atom stereocenters. The quantitative estimate of drug-likeness (QED) is 0.0463. The first-order valence-electron chi connectivity index (χ1n) is 18.5. The second kappa shape index (κ2) is 29.4. The zero-order valence-corrected chi connectivity index (χ0v) is 28.2. The first-order valence-corrected chi connectivity index (χ1v) is 18.5. The van der Waals surface area contributed by atoms with Crippen molar-refractivity contribution >= 4 is 0 Å². The van der Waals surface area contributed by atoms with Crippen LogP contribution >= 0.6 is 0 Å². The monoisotopic (exact) mass is 552 g/mol. The van der Waals surface area contributed by atoms with Crippen LogP contribution in [0.3, 0.4) is 0 Å². The Morgan fingerprint density at radius 1 is 0.359 bits per heavy atom. The highest BCUT2D eigenvalue weighted by molar-refractivity contribution is 4.63. The minimum atomic E-state index is -0.00346. The lowest BCUT2D eigenvalue weighted by molar-refractivity contribution is -0.861. The molecule has 0 aliphatic carbocycles. The molecule has 0 aromatic heterocycles. The minimum Gasteiger partial charge on any atom is -0.633 e. The Labute approximate surface area is 249 Å². The number of hydroxylamine groups is 3. The highest BCUT2D eigenvalue weighted by Gasteiger charge is 2.15. The first kappa shape index (κ1) is 38.9. The number of unbranched alkanes of at least 4 members (excludes halogenated alkanes) is 16. The number of hydrogen-bond acceptors (Lipinski definition) is 1. The van der Waals surface area contributed by atoms with E-state index in [0.717, 1.165) is 37.8 Å². The van der Waals surface area contributed by atoms with Gasteiger partial charge in [-0.05, 0) is 37.5 Å².